The van der Waals surface area contributed by atoms with Crippen molar-refractivity contribution in [1.29, 1.82) is 0 Å². The molecule has 0 aliphatic carbocycles. The summed E-state index contributed by atoms with van der Waals surface area (Å²) in [4.78, 5) is 10.5. The van der Waals surface area contributed by atoms with Gasteiger partial charge in [-0.05, 0) is 38.3 Å². The average molecular weight is 294 g/mol. The van der Waals surface area contributed by atoms with Crippen molar-refractivity contribution in [3.63, 3.8) is 0 Å². The van der Waals surface area contributed by atoms with Crippen LogP contribution < -0.4 is 14.8 Å². The Morgan fingerprint density at radius 2 is 2.00 bits per heavy atom. The van der Waals surface area contributed by atoms with Gasteiger partial charge in [0, 0.05) is 6.07 Å². The number of nitro groups is 1. The summed E-state index contributed by atoms with van der Waals surface area (Å²) in [6.07, 6.45) is 2.98. The van der Waals surface area contributed by atoms with Crippen LogP contribution in [0.1, 0.15) is 26.2 Å². The SMILES string of the molecule is CCCOc1cc(OCCC2CCNC2)cc([N+](=O)[O-])c1. The Morgan fingerprint density at radius 1 is 1.29 bits per heavy atom. The number of rotatable bonds is 8. The van der Waals surface area contributed by atoms with Gasteiger partial charge in [-0.3, -0.25) is 10.1 Å². The van der Waals surface area contributed by atoms with E-state index in [1.54, 1.807) is 6.07 Å². The van der Waals surface area contributed by atoms with Crippen LogP contribution in [0.2, 0.25) is 0 Å². The van der Waals surface area contributed by atoms with E-state index in [0.29, 0.717) is 30.6 Å². The van der Waals surface area contributed by atoms with Crippen LogP contribution in [-0.2, 0) is 0 Å². The summed E-state index contributed by atoms with van der Waals surface area (Å²) < 4.78 is 11.1. The van der Waals surface area contributed by atoms with E-state index < -0.39 is 4.92 Å². The molecule has 1 aliphatic rings. The van der Waals surface area contributed by atoms with Crippen LogP contribution in [0.5, 0.6) is 11.5 Å². The van der Waals surface area contributed by atoms with Crippen molar-refractivity contribution in [2.75, 3.05) is 26.3 Å². The lowest BCUT2D eigenvalue weighted by Crippen LogP contribution is -2.11. The Kier molecular flexibility index (Phi) is 5.80. The van der Waals surface area contributed by atoms with Crippen LogP contribution in [0, 0.1) is 16.0 Å². The summed E-state index contributed by atoms with van der Waals surface area (Å²) in [6, 6.07) is 4.60. The van der Waals surface area contributed by atoms with Crippen molar-refractivity contribution < 1.29 is 14.4 Å². The molecule has 1 saturated heterocycles. The lowest BCUT2D eigenvalue weighted by Gasteiger charge is -2.11. The maximum Gasteiger partial charge on any atom is 0.276 e. The molecular formula is C15H22N2O4. The summed E-state index contributed by atoms with van der Waals surface area (Å²) in [5, 5.41) is 14.3. The third kappa shape index (κ3) is 4.90. The molecule has 2 rings (SSSR count). The molecule has 1 unspecified atom stereocenters. The van der Waals surface area contributed by atoms with Gasteiger partial charge in [-0.2, -0.15) is 0 Å². The van der Waals surface area contributed by atoms with Gasteiger partial charge >= 0.3 is 0 Å². The van der Waals surface area contributed by atoms with E-state index in [2.05, 4.69) is 5.32 Å². The van der Waals surface area contributed by atoms with Crippen LogP contribution in [-0.4, -0.2) is 31.2 Å². The number of nitrogens with zero attached hydrogens (tertiary/aromatic N) is 1. The topological polar surface area (TPSA) is 73.6 Å². The molecule has 1 atom stereocenters. The fraction of sp³-hybridized carbons (Fsp3) is 0.600. The molecule has 1 fully saturated rings. The normalized spacial score (nSPS) is 17.7. The zero-order chi connectivity index (χ0) is 15.1. The average Bonchev–Trinajstić information content (AvgIpc) is 2.98. The van der Waals surface area contributed by atoms with Gasteiger partial charge < -0.3 is 14.8 Å². The standard InChI is InChI=1S/C15H22N2O4/c1-2-6-20-14-8-13(17(18)19)9-15(10-14)21-7-4-12-3-5-16-11-12/h8-10,12,16H,2-7,11H2,1H3. The van der Waals surface area contributed by atoms with E-state index in [1.165, 1.54) is 18.6 Å². The lowest BCUT2D eigenvalue weighted by atomic mass is 10.1. The van der Waals surface area contributed by atoms with Gasteiger partial charge in [0.1, 0.15) is 11.5 Å². The number of nitro benzene ring substituents is 1. The van der Waals surface area contributed by atoms with Crippen molar-refractivity contribution in [2.24, 2.45) is 5.92 Å². The summed E-state index contributed by atoms with van der Waals surface area (Å²) in [5.74, 6) is 1.63. The quantitative estimate of drug-likeness (QED) is 0.589. The van der Waals surface area contributed by atoms with Gasteiger partial charge in [0.05, 0.1) is 30.3 Å². The van der Waals surface area contributed by atoms with Gasteiger partial charge in [-0.1, -0.05) is 6.92 Å². The van der Waals surface area contributed by atoms with Gasteiger partial charge in [-0.25, -0.2) is 0 Å². The first-order valence-electron chi connectivity index (χ1n) is 7.45. The molecule has 0 saturated carbocycles. The Bertz CT molecular complexity index is 473. The Labute approximate surface area is 124 Å². The van der Waals surface area contributed by atoms with E-state index in [4.69, 9.17) is 9.47 Å². The fourth-order valence-corrected chi connectivity index (χ4v) is 2.35. The molecule has 0 aromatic heterocycles. The van der Waals surface area contributed by atoms with Crippen molar-refractivity contribution >= 4 is 5.69 Å². The van der Waals surface area contributed by atoms with Crippen LogP contribution in [0.25, 0.3) is 0 Å². The number of non-ortho nitro benzene ring substituents is 1. The predicted octanol–water partition coefficient (Wildman–Crippen LogP) is 2.76. The second kappa shape index (κ2) is 7.83. The van der Waals surface area contributed by atoms with Crippen LogP contribution in [0.3, 0.4) is 0 Å². The first-order valence-corrected chi connectivity index (χ1v) is 7.45. The predicted molar refractivity (Wildman–Crippen MR) is 80.0 cm³/mol. The van der Waals surface area contributed by atoms with Gasteiger partial charge in [0.2, 0.25) is 0 Å². The highest BCUT2D eigenvalue weighted by Gasteiger charge is 2.15. The number of nitrogens with one attached hydrogen (secondary N) is 1. The zero-order valence-electron chi connectivity index (χ0n) is 12.3. The van der Waals surface area contributed by atoms with Crippen molar-refractivity contribution in [3.8, 4) is 11.5 Å². The van der Waals surface area contributed by atoms with Crippen LogP contribution in [0.15, 0.2) is 18.2 Å². The molecule has 1 aromatic carbocycles. The Hall–Kier alpha value is -1.82. The maximum absolute atomic E-state index is 10.9. The summed E-state index contributed by atoms with van der Waals surface area (Å²) in [5.41, 5.74) is 0.00105. The number of hydrogen-bond acceptors (Lipinski definition) is 5. The van der Waals surface area contributed by atoms with E-state index in [1.807, 2.05) is 6.92 Å². The van der Waals surface area contributed by atoms with E-state index in [-0.39, 0.29) is 5.69 Å². The third-order valence-electron chi connectivity index (χ3n) is 3.51. The first kappa shape index (κ1) is 15.6. The molecule has 116 valence electrons. The van der Waals surface area contributed by atoms with E-state index in [9.17, 15) is 10.1 Å². The molecule has 0 amide bonds. The second-order valence-electron chi connectivity index (χ2n) is 5.26. The minimum atomic E-state index is -0.424. The molecule has 1 aliphatic heterocycles. The van der Waals surface area contributed by atoms with Crippen molar-refractivity contribution in [2.45, 2.75) is 26.2 Å². The first-order chi connectivity index (χ1) is 10.2. The molecule has 21 heavy (non-hydrogen) atoms. The van der Waals surface area contributed by atoms with E-state index >= 15 is 0 Å². The fourth-order valence-electron chi connectivity index (χ4n) is 2.35. The minimum Gasteiger partial charge on any atom is -0.493 e. The molecule has 6 heteroatoms. The molecule has 6 nitrogen and oxygen atoms in total. The summed E-state index contributed by atoms with van der Waals surface area (Å²) >= 11 is 0. The van der Waals surface area contributed by atoms with Gasteiger partial charge in [0.25, 0.3) is 5.69 Å². The monoisotopic (exact) mass is 294 g/mol. The van der Waals surface area contributed by atoms with E-state index in [0.717, 1.165) is 25.9 Å². The third-order valence-corrected chi connectivity index (χ3v) is 3.51. The highest BCUT2D eigenvalue weighted by atomic mass is 16.6. The molecule has 0 radical (unpaired) electrons. The highest BCUT2D eigenvalue weighted by molar-refractivity contribution is 5.46. The van der Waals surface area contributed by atoms with Crippen LogP contribution in [0.4, 0.5) is 5.69 Å². The summed E-state index contributed by atoms with van der Waals surface area (Å²) in [6.45, 7) is 5.19. The maximum atomic E-state index is 10.9. The minimum absolute atomic E-state index is 0.00105. The van der Waals surface area contributed by atoms with Crippen LogP contribution >= 0.6 is 0 Å². The molecule has 1 N–H and O–H groups in total. The zero-order valence-corrected chi connectivity index (χ0v) is 12.3. The largest absolute Gasteiger partial charge is 0.493 e. The molecule has 0 spiro atoms. The number of hydrogen-bond donors (Lipinski definition) is 1. The second-order valence-corrected chi connectivity index (χ2v) is 5.26. The lowest BCUT2D eigenvalue weighted by molar-refractivity contribution is -0.385. The van der Waals surface area contributed by atoms with Crippen molar-refractivity contribution in [1.82, 2.24) is 5.32 Å². The smallest absolute Gasteiger partial charge is 0.276 e. The van der Waals surface area contributed by atoms with Crippen molar-refractivity contribution in [3.05, 3.63) is 28.3 Å². The number of ether oxygens (including phenoxy) is 2. The Balaban J connectivity index is 1.95. The molecular weight excluding hydrogens is 272 g/mol. The molecule has 1 heterocycles. The number of benzene rings is 1. The Morgan fingerprint density at radius 3 is 2.57 bits per heavy atom. The molecule has 1 aromatic rings. The van der Waals surface area contributed by atoms with Gasteiger partial charge in [-0.15, -0.1) is 0 Å². The molecule has 0 bridgehead atoms. The van der Waals surface area contributed by atoms with Gasteiger partial charge in [0.15, 0.2) is 0 Å². The highest BCUT2D eigenvalue weighted by Crippen LogP contribution is 2.28. The summed E-state index contributed by atoms with van der Waals surface area (Å²) in [7, 11) is 0.